The first-order valence-corrected chi connectivity index (χ1v) is 9.18. The molecule has 1 heterocycles. The number of hydrogen-bond acceptors (Lipinski definition) is 4. The van der Waals surface area contributed by atoms with E-state index in [2.05, 4.69) is 10.0 Å². The van der Waals surface area contributed by atoms with Crippen molar-refractivity contribution in [3.05, 3.63) is 29.3 Å². The van der Waals surface area contributed by atoms with Crippen LogP contribution in [-0.4, -0.2) is 58.3 Å². The minimum absolute atomic E-state index is 0.0173. The summed E-state index contributed by atoms with van der Waals surface area (Å²) in [6.45, 7) is 4.03. The summed E-state index contributed by atoms with van der Waals surface area (Å²) in [5.74, 6) is 0. The van der Waals surface area contributed by atoms with Gasteiger partial charge in [-0.3, -0.25) is 4.90 Å². The van der Waals surface area contributed by atoms with Gasteiger partial charge in [-0.2, -0.15) is 13.2 Å². The lowest BCUT2D eigenvalue weighted by Gasteiger charge is -2.35. The van der Waals surface area contributed by atoms with E-state index in [4.69, 9.17) is 0 Å². The summed E-state index contributed by atoms with van der Waals surface area (Å²) < 4.78 is 66.9. The summed E-state index contributed by atoms with van der Waals surface area (Å²) >= 11 is 0. The van der Waals surface area contributed by atoms with Crippen LogP contribution in [0.3, 0.4) is 0 Å². The Hall–Kier alpha value is -1.16. The van der Waals surface area contributed by atoms with Gasteiger partial charge >= 0.3 is 6.18 Å². The molecule has 1 aliphatic rings. The Morgan fingerprint density at radius 1 is 1.25 bits per heavy atom. The lowest BCUT2D eigenvalue weighted by Crippen LogP contribution is -2.57. The highest BCUT2D eigenvalue weighted by Crippen LogP contribution is 2.25. The van der Waals surface area contributed by atoms with Crippen molar-refractivity contribution in [2.75, 3.05) is 32.7 Å². The van der Waals surface area contributed by atoms with E-state index < -0.39 is 28.8 Å². The van der Waals surface area contributed by atoms with Crippen LogP contribution in [0.1, 0.15) is 11.1 Å². The molecule has 1 aliphatic heterocycles. The van der Waals surface area contributed by atoms with Crippen molar-refractivity contribution in [3.63, 3.8) is 0 Å². The Bertz CT molecular complexity index is 671. The molecule has 136 valence electrons. The number of halogens is 3. The number of aryl methyl sites for hydroxylation is 2. The van der Waals surface area contributed by atoms with Gasteiger partial charge in [0, 0.05) is 32.7 Å². The van der Waals surface area contributed by atoms with E-state index in [1.54, 1.807) is 26.0 Å². The van der Waals surface area contributed by atoms with Crippen molar-refractivity contribution >= 4 is 10.0 Å². The molecule has 1 fully saturated rings. The van der Waals surface area contributed by atoms with Crippen LogP contribution in [0.25, 0.3) is 0 Å². The van der Waals surface area contributed by atoms with Crippen LogP contribution in [0.2, 0.25) is 0 Å². The first-order chi connectivity index (χ1) is 11.1. The third-order valence-electron chi connectivity index (χ3n) is 4.07. The van der Waals surface area contributed by atoms with E-state index in [1.807, 2.05) is 0 Å². The van der Waals surface area contributed by atoms with Crippen molar-refractivity contribution in [1.29, 1.82) is 0 Å². The second-order valence-electron chi connectivity index (χ2n) is 5.96. The predicted octanol–water partition coefficient (Wildman–Crippen LogP) is 1.42. The fourth-order valence-electron chi connectivity index (χ4n) is 2.71. The van der Waals surface area contributed by atoms with Gasteiger partial charge < -0.3 is 5.32 Å². The molecule has 1 unspecified atom stereocenters. The van der Waals surface area contributed by atoms with Crippen LogP contribution in [-0.2, 0) is 10.0 Å². The highest BCUT2D eigenvalue weighted by atomic mass is 32.2. The standard InChI is InChI=1S/C15H22F3N3O2S/c1-11-3-4-12(2)13(9-11)24(22,23)20-10-14(15(16,17)18)21-7-5-19-6-8-21/h3-4,9,14,19-20H,5-8,10H2,1-2H3. The summed E-state index contributed by atoms with van der Waals surface area (Å²) in [6.07, 6.45) is -4.50. The molecule has 2 rings (SSSR count). The molecular formula is C15H22F3N3O2S. The summed E-state index contributed by atoms with van der Waals surface area (Å²) in [5, 5.41) is 2.99. The minimum Gasteiger partial charge on any atom is -0.314 e. The largest absolute Gasteiger partial charge is 0.405 e. The Morgan fingerprint density at radius 2 is 1.88 bits per heavy atom. The third kappa shape index (κ3) is 4.69. The molecule has 0 aliphatic carbocycles. The van der Waals surface area contributed by atoms with E-state index in [0.717, 1.165) is 5.56 Å². The molecular weight excluding hydrogens is 343 g/mol. The van der Waals surface area contributed by atoms with Gasteiger partial charge in [0.05, 0.1) is 4.90 Å². The number of benzene rings is 1. The van der Waals surface area contributed by atoms with Crippen LogP contribution >= 0.6 is 0 Å². The van der Waals surface area contributed by atoms with Crippen LogP contribution in [0, 0.1) is 13.8 Å². The monoisotopic (exact) mass is 365 g/mol. The Balaban J connectivity index is 2.17. The maximum Gasteiger partial charge on any atom is 0.405 e. The molecule has 9 heteroatoms. The second kappa shape index (κ2) is 7.38. The van der Waals surface area contributed by atoms with E-state index >= 15 is 0 Å². The van der Waals surface area contributed by atoms with Crippen LogP contribution < -0.4 is 10.0 Å². The molecule has 0 amide bonds. The molecule has 1 aromatic rings. The predicted molar refractivity (Wildman–Crippen MR) is 85.4 cm³/mol. The highest BCUT2D eigenvalue weighted by Gasteiger charge is 2.44. The third-order valence-corrected chi connectivity index (χ3v) is 5.64. The summed E-state index contributed by atoms with van der Waals surface area (Å²) in [6, 6.07) is 3.03. The van der Waals surface area contributed by atoms with Gasteiger partial charge in [0.2, 0.25) is 10.0 Å². The van der Waals surface area contributed by atoms with Gasteiger partial charge in [-0.25, -0.2) is 13.1 Å². The maximum absolute atomic E-state index is 13.3. The topological polar surface area (TPSA) is 61.4 Å². The number of nitrogens with zero attached hydrogens (tertiary/aromatic N) is 1. The Labute approximate surface area is 140 Å². The van der Waals surface area contributed by atoms with Gasteiger partial charge in [-0.1, -0.05) is 12.1 Å². The fourth-order valence-corrected chi connectivity index (χ4v) is 4.07. The molecule has 5 nitrogen and oxygen atoms in total. The van der Waals surface area contributed by atoms with Gasteiger partial charge in [0.1, 0.15) is 6.04 Å². The second-order valence-corrected chi connectivity index (χ2v) is 7.70. The van der Waals surface area contributed by atoms with Gasteiger partial charge in [-0.05, 0) is 31.0 Å². The number of nitrogens with one attached hydrogen (secondary N) is 2. The van der Waals surface area contributed by atoms with Crippen molar-refractivity contribution in [2.24, 2.45) is 0 Å². The molecule has 1 atom stereocenters. The lowest BCUT2D eigenvalue weighted by atomic mass is 10.2. The molecule has 1 aromatic carbocycles. The molecule has 0 saturated carbocycles. The van der Waals surface area contributed by atoms with Crippen LogP contribution in [0.5, 0.6) is 0 Å². The maximum atomic E-state index is 13.3. The Kier molecular flexibility index (Phi) is 5.90. The number of hydrogen-bond donors (Lipinski definition) is 2. The molecule has 1 saturated heterocycles. The quantitative estimate of drug-likeness (QED) is 0.829. The van der Waals surface area contributed by atoms with E-state index in [-0.39, 0.29) is 18.0 Å². The first-order valence-electron chi connectivity index (χ1n) is 7.69. The van der Waals surface area contributed by atoms with Gasteiger partial charge in [0.25, 0.3) is 0 Å². The summed E-state index contributed by atoms with van der Waals surface area (Å²) in [4.78, 5) is 1.28. The van der Waals surface area contributed by atoms with E-state index in [9.17, 15) is 21.6 Å². The molecule has 24 heavy (non-hydrogen) atoms. The minimum atomic E-state index is -4.50. The molecule has 2 N–H and O–H groups in total. The lowest BCUT2D eigenvalue weighted by molar-refractivity contribution is -0.182. The molecule has 0 bridgehead atoms. The number of rotatable bonds is 5. The average molecular weight is 365 g/mol. The van der Waals surface area contributed by atoms with Crippen LogP contribution in [0.4, 0.5) is 13.2 Å². The van der Waals surface area contributed by atoms with E-state index in [0.29, 0.717) is 18.7 Å². The zero-order valence-electron chi connectivity index (χ0n) is 13.7. The van der Waals surface area contributed by atoms with E-state index in [1.165, 1.54) is 11.0 Å². The number of sulfonamides is 1. The van der Waals surface area contributed by atoms with Crippen LogP contribution in [0.15, 0.2) is 23.1 Å². The molecule has 0 spiro atoms. The smallest absolute Gasteiger partial charge is 0.314 e. The first kappa shape index (κ1) is 19.2. The van der Waals surface area contributed by atoms with Gasteiger partial charge in [0.15, 0.2) is 0 Å². The average Bonchev–Trinajstić information content (AvgIpc) is 2.49. The van der Waals surface area contributed by atoms with Crippen molar-refractivity contribution in [2.45, 2.75) is 31.0 Å². The molecule has 0 radical (unpaired) electrons. The van der Waals surface area contributed by atoms with Crippen molar-refractivity contribution < 1.29 is 21.6 Å². The zero-order chi connectivity index (χ0) is 18.0. The number of piperazine rings is 1. The number of alkyl halides is 3. The zero-order valence-corrected chi connectivity index (χ0v) is 14.5. The SMILES string of the molecule is Cc1ccc(C)c(S(=O)(=O)NCC(N2CCNCC2)C(F)(F)F)c1. The summed E-state index contributed by atoms with van der Waals surface area (Å²) in [5.41, 5.74) is 1.23. The Morgan fingerprint density at radius 3 is 2.46 bits per heavy atom. The van der Waals surface area contributed by atoms with Gasteiger partial charge in [-0.15, -0.1) is 0 Å². The van der Waals surface area contributed by atoms with Crippen molar-refractivity contribution in [3.8, 4) is 0 Å². The summed E-state index contributed by atoms with van der Waals surface area (Å²) in [7, 11) is -4.00. The van der Waals surface area contributed by atoms with Crippen molar-refractivity contribution in [1.82, 2.24) is 14.9 Å². The fraction of sp³-hybridized carbons (Fsp3) is 0.600. The highest BCUT2D eigenvalue weighted by molar-refractivity contribution is 7.89. The molecule has 0 aromatic heterocycles. The normalized spacial score (nSPS) is 18.5.